The monoisotopic (exact) mass is 497 g/mol. The van der Waals surface area contributed by atoms with E-state index in [1.807, 2.05) is 18.2 Å². The minimum absolute atomic E-state index is 0.101. The van der Waals surface area contributed by atoms with Gasteiger partial charge in [0.15, 0.2) is 0 Å². The van der Waals surface area contributed by atoms with Crippen LogP contribution in [0.5, 0.6) is 5.75 Å². The first-order valence-electron chi connectivity index (χ1n) is 11.0. The SMILES string of the molecule is CC(=O)OCCOc1ccc(C(=O)N2CC(=O)N(Cc3ncc(C)o3)Cc3ccccc32)c(Cl)c1. The molecule has 35 heavy (non-hydrogen) atoms. The normalized spacial score (nSPS) is 13.3. The second-order valence-electron chi connectivity index (χ2n) is 7.96. The highest BCUT2D eigenvalue weighted by atomic mass is 35.5. The van der Waals surface area contributed by atoms with Gasteiger partial charge in [-0.3, -0.25) is 19.3 Å². The first kappa shape index (κ1) is 24.3. The molecule has 0 saturated heterocycles. The van der Waals surface area contributed by atoms with Crippen molar-refractivity contribution in [2.24, 2.45) is 0 Å². The summed E-state index contributed by atoms with van der Waals surface area (Å²) in [6.45, 7) is 3.70. The lowest BCUT2D eigenvalue weighted by molar-refractivity contribution is -0.141. The Balaban J connectivity index is 1.54. The van der Waals surface area contributed by atoms with Gasteiger partial charge in [0.05, 0.1) is 23.3 Å². The van der Waals surface area contributed by atoms with Gasteiger partial charge in [-0.15, -0.1) is 0 Å². The third kappa shape index (κ3) is 5.81. The van der Waals surface area contributed by atoms with Crippen molar-refractivity contribution in [1.82, 2.24) is 9.88 Å². The van der Waals surface area contributed by atoms with Crippen molar-refractivity contribution >= 4 is 35.1 Å². The van der Waals surface area contributed by atoms with E-state index in [0.29, 0.717) is 29.6 Å². The number of aromatic nitrogens is 1. The smallest absolute Gasteiger partial charge is 0.302 e. The Morgan fingerprint density at radius 1 is 1.14 bits per heavy atom. The van der Waals surface area contributed by atoms with Gasteiger partial charge in [-0.25, -0.2) is 4.98 Å². The number of carbonyl (C=O) groups excluding carboxylic acids is 3. The van der Waals surface area contributed by atoms with Crippen molar-refractivity contribution in [2.75, 3.05) is 24.7 Å². The van der Waals surface area contributed by atoms with Crippen LogP contribution < -0.4 is 9.64 Å². The van der Waals surface area contributed by atoms with Crippen LogP contribution in [0.3, 0.4) is 0 Å². The van der Waals surface area contributed by atoms with Crippen LogP contribution in [0.4, 0.5) is 5.69 Å². The number of anilines is 1. The average Bonchev–Trinajstić information content (AvgIpc) is 3.18. The summed E-state index contributed by atoms with van der Waals surface area (Å²) < 4.78 is 15.9. The standard InChI is InChI=1S/C25H24ClN3O6/c1-16-12-27-23(35-16)14-28-13-18-5-3-4-6-22(18)29(15-24(28)31)25(32)20-8-7-19(11-21(20)26)34-10-9-33-17(2)30/h3-8,11-12H,9-10,13-15H2,1-2H3. The maximum Gasteiger partial charge on any atom is 0.302 e. The molecule has 0 radical (unpaired) electrons. The highest BCUT2D eigenvalue weighted by molar-refractivity contribution is 6.34. The van der Waals surface area contributed by atoms with E-state index in [2.05, 4.69) is 4.98 Å². The summed E-state index contributed by atoms with van der Waals surface area (Å²) in [6, 6.07) is 12.0. The van der Waals surface area contributed by atoms with Crippen molar-refractivity contribution < 1.29 is 28.3 Å². The third-order valence-corrected chi connectivity index (χ3v) is 5.67. The average molecular weight is 498 g/mol. The zero-order valence-corrected chi connectivity index (χ0v) is 20.1. The van der Waals surface area contributed by atoms with Crippen LogP contribution in [-0.2, 0) is 27.4 Å². The van der Waals surface area contributed by atoms with E-state index in [1.165, 1.54) is 17.9 Å². The van der Waals surface area contributed by atoms with Crippen LogP contribution in [0.1, 0.15) is 34.5 Å². The number of esters is 1. The number of amides is 2. The fourth-order valence-electron chi connectivity index (χ4n) is 3.73. The van der Waals surface area contributed by atoms with E-state index in [0.717, 1.165) is 5.56 Å². The fraction of sp³-hybridized carbons (Fsp3) is 0.280. The molecule has 182 valence electrons. The number of para-hydroxylation sites is 1. The van der Waals surface area contributed by atoms with Crippen molar-refractivity contribution in [2.45, 2.75) is 26.9 Å². The number of rotatable bonds is 7. The largest absolute Gasteiger partial charge is 0.490 e. The molecular weight excluding hydrogens is 474 g/mol. The second kappa shape index (κ2) is 10.6. The molecule has 9 nitrogen and oxygen atoms in total. The van der Waals surface area contributed by atoms with E-state index >= 15 is 0 Å². The fourth-order valence-corrected chi connectivity index (χ4v) is 3.99. The van der Waals surface area contributed by atoms with Crippen molar-refractivity contribution in [3.05, 3.63) is 76.5 Å². The maximum atomic E-state index is 13.5. The van der Waals surface area contributed by atoms with Crippen LogP contribution in [0, 0.1) is 6.92 Å². The van der Waals surface area contributed by atoms with Gasteiger partial charge in [-0.1, -0.05) is 29.8 Å². The molecule has 1 aliphatic heterocycles. The highest BCUT2D eigenvalue weighted by Crippen LogP contribution is 2.30. The van der Waals surface area contributed by atoms with Gasteiger partial charge in [0, 0.05) is 19.2 Å². The quantitative estimate of drug-likeness (QED) is 0.361. The summed E-state index contributed by atoms with van der Waals surface area (Å²) in [4.78, 5) is 44.8. The molecule has 0 saturated carbocycles. The summed E-state index contributed by atoms with van der Waals surface area (Å²) in [7, 11) is 0. The number of benzene rings is 2. The number of nitrogens with zero attached hydrogens (tertiary/aromatic N) is 3. The number of aryl methyl sites for hydroxylation is 1. The Morgan fingerprint density at radius 3 is 2.66 bits per heavy atom. The van der Waals surface area contributed by atoms with Gasteiger partial charge in [0.25, 0.3) is 5.91 Å². The molecule has 4 rings (SSSR count). The molecule has 2 aromatic carbocycles. The van der Waals surface area contributed by atoms with Gasteiger partial charge >= 0.3 is 5.97 Å². The predicted octanol–water partition coefficient (Wildman–Crippen LogP) is 3.77. The molecule has 1 aliphatic rings. The lowest BCUT2D eigenvalue weighted by atomic mass is 10.1. The van der Waals surface area contributed by atoms with Crippen molar-refractivity contribution in [3.8, 4) is 5.75 Å². The van der Waals surface area contributed by atoms with Gasteiger partial charge in [-0.2, -0.15) is 0 Å². The van der Waals surface area contributed by atoms with Gasteiger partial charge in [0.2, 0.25) is 11.8 Å². The van der Waals surface area contributed by atoms with Crippen LogP contribution in [-0.4, -0.2) is 47.4 Å². The molecule has 0 aliphatic carbocycles. The number of carbonyl (C=O) groups is 3. The molecule has 3 aromatic rings. The van der Waals surface area contributed by atoms with E-state index in [1.54, 1.807) is 36.2 Å². The zero-order valence-electron chi connectivity index (χ0n) is 19.3. The first-order valence-corrected chi connectivity index (χ1v) is 11.3. The van der Waals surface area contributed by atoms with E-state index in [-0.39, 0.29) is 42.8 Å². The maximum absolute atomic E-state index is 13.5. The molecule has 10 heteroatoms. The summed E-state index contributed by atoms with van der Waals surface area (Å²) in [6.07, 6.45) is 1.60. The summed E-state index contributed by atoms with van der Waals surface area (Å²) >= 11 is 6.42. The van der Waals surface area contributed by atoms with E-state index < -0.39 is 11.9 Å². The molecule has 0 unspecified atom stereocenters. The number of halogens is 1. The zero-order chi connectivity index (χ0) is 24.9. The Kier molecular flexibility index (Phi) is 7.36. The molecule has 0 bridgehead atoms. The minimum atomic E-state index is -0.406. The third-order valence-electron chi connectivity index (χ3n) is 5.36. The minimum Gasteiger partial charge on any atom is -0.490 e. The Morgan fingerprint density at radius 2 is 1.94 bits per heavy atom. The second-order valence-corrected chi connectivity index (χ2v) is 8.37. The lowest BCUT2D eigenvalue weighted by Gasteiger charge is -2.23. The van der Waals surface area contributed by atoms with Gasteiger partial charge < -0.3 is 18.8 Å². The Bertz CT molecular complexity index is 1260. The van der Waals surface area contributed by atoms with Crippen LogP contribution in [0.15, 0.2) is 53.1 Å². The predicted molar refractivity (Wildman–Crippen MR) is 127 cm³/mol. The highest BCUT2D eigenvalue weighted by Gasteiger charge is 2.31. The number of oxazole rings is 1. The molecule has 0 spiro atoms. The Hall–Kier alpha value is -3.85. The molecule has 0 atom stereocenters. The lowest BCUT2D eigenvalue weighted by Crippen LogP contribution is -2.40. The van der Waals surface area contributed by atoms with Crippen LogP contribution in [0.2, 0.25) is 5.02 Å². The topological polar surface area (TPSA) is 102 Å². The van der Waals surface area contributed by atoms with Crippen LogP contribution in [0.25, 0.3) is 0 Å². The molecule has 0 fully saturated rings. The van der Waals surface area contributed by atoms with Gasteiger partial charge in [-0.05, 0) is 36.8 Å². The Labute approximate surface area is 207 Å². The molecule has 0 N–H and O–H groups in total. The number of fused-ring (bicyclic) bond motifs is 1. The summed E-state index contributed by atoms with van der Waals surface area (Å²) in [5.41, 5.74) is 1.68. The molecule has 2 heterocycles. The number of hydrogen-bond donors (Lipinski definition) is 0. The summed E-state index contributed by atoms with van der Waals surface area (Å²) in [5.74, 6) is 0.476. The van der Waals surface area contributed by atoms with Gasteiger partial charge in [0.1, 0.15) is 31.3 Å². The van der Waals surface area contributed by atoms with E-state index in [9.17, 15) is 14.4 Å². The number of ether oxygens (including phenoxy) is 2. The van der Waals surface area contributed by atoms with Crippen molar-refractivity contribution in [3.63, 3.8) is 0 Å². The molecule has 2 amide bonds. The first-order chi connectivity index (χ1) is 16.8. The van der Waals surface area contributed by atoms with Crippen molar-refractivity contribution in [1.29, 1.82) is 0 Å². The summed E-state index contributed by atoms with van der Waals surface area (Å²) in [5, 5.41) is 0.182. The van der Waals surface area contributed by atoms with Crippen LogP contribution >= 0.6 is 11.6 Å². The molecule has 1 aromatic heterocycles. The number of hydrogen-bond acceptors (Lipinski definition) is 7. The molecular formula is C25H24ClN3O6. The van der Waals surface area contributed by atoms with E-state index in [4.69, 9.17) is 25.5 Å².